The minimum atomic E-state index is -3.22. The van der Waals surface area contributed by atoms with Crippen LogP contribution in [0.15, 0.2) is 24.3 Å². The molecule has 1 aromatic rings. The van der Waals surface area contributed by atoms with Gasteiger partial charge in [0.1, 0.15) is 0 Å². The number of fused-ring (bicyclic) bond motifs is 1. The fourth-order valence-electron chi connectivity index (χ4n) is 4.42. The van der Waals surface area contributed by atoms with Crippen molar-refractivity contribution >= 4 is 15.9 Å². The van der Waals surface area contributed by atoms with Gasteiger partial charge in [0.05, 0.1) is 5.25 Å². The van der Waals surface area contributed by atoms with E-state index in [1.54, 1.807) is 4.31 Å². The summed E-state index contributed by atoms with van der Waals surface area (Å²) in [7, 11) is -3.22. The Bertz CT molecular complexity index is 775. The van der Waals surface area contributed by atoms with Gasteiger partial charge in [-0.25, -0.2) is 12.7 Å². The number of benzene rings is 1. The van der Waals surface area contributed by atoms with Gasteiger partial charge in [-0.1, -0.05) is 38.1 Å². The van der Waals surface area contributed by atoms with Crippen molar-refractivity contribution in [2.75, 3.05) is 26.2 Å². The lowest BCUT2D eigenvalue weighted by atomic mass is 10.00. The van der Waals surface area contributed by atoms with Gasteiger partial charge in [-0.2, -0.15) is 0 Å². The largest absolute Gasteiger partial charge is 0.343 e. The zero-order valence-corrected chi connectivity index (χ0v) is 17.5. The van der Waals surface area contributed by atoms with Gasteiger partial charge in [0.15, 0.2) is 0 Å². The quantitative estimate of drug-likeness (QED) is 0.774. The third kappa shape index (κ3) is 4.54. The van der Waals surface area contributed by atoms with Crippen LogP contribution in [0.3, 0.4) is 0 Å². The summed E-state index contributed by atoms with van der Waals surface area (Å²) in [4.78, 5) is 14.6. The molecule has 0 bridgehead atoms. The van der Waals surface area contributed by atoms with Crippen LogP contribution in [0.1, 0.15) is 44.2 Å². The molecule has 0 spiro atoms. The average Bonchev–Trinajstić information content (AvgIpc) is 2.76. The van der Waals surface area contributed by atoms with Crippen LogP contribution in [0.25, 0.3) is 0 Å². The number of hydrogen-bond donors (Lipinski definition) is 0. The molecule has 0 aromatic heterocycles. The summed E-state index contributed by atoms with van der Waals surface area (Å²) in [6.07, 6.45) is 2.59. The predicted octanol–water partition coefficient (Wildman–Crippen LogP) is 2.84. The first kappa shape index (κ1) is 20.3. The van der Waals surface area contributed by atoms with E-state index in [0.717, 1.165) is 12.8 Å². The highest BCUT2D eigenvalue weighted by Gasteiger charge is 2.47. The Labute approximate surface area is 163 Å². The molecule has 0 N–H and O–H groups in total. The van der Waals surface area contributed by atoms with E-state index in [1.165, 1.54) is 11.1 Å². The molecule has 0 unspecified atom stereocenters. The number of likely N-dealkylation sites (tertiary alicyclic amines) is 1. The topological polar surface area (TPSA) is 57.7 Å². The summed E-state index contributed by atoms with van der Waals surface area (Å²) in [6.45, 7) is 8.64. The van der Waals surface area contributed by atoms with Crippen LogP contribution in [-0.2, 0) is 21.2 Å². The molecular weight excluding hydrogens is 360 g/mol. The molecule has 2 heterocycles. The molecule has 2 fully saturated rings. The molecule has 0 radical (unpaired) electrons. The fourth-order valence-corrected chi connectivity index (χ4v) is 6.82. The van der Waals surface area contributed by atoms with E-state index in [2.05, 4.69) is 32.9 Å². The molecule has 2 atom stereocenters. The molecule has 1 amide bonds. The molecule has 27 heavy (non-hydrogen) atoms. The van der Waals surface area contributed by atoms with Gasteiger partial charge in [-0.15, -0.1) is 0 Å². The maximum atomic E-state index is 12.9. The first-order valence-corrected chi connectivity index (χ1v) is 11.6. The molecule has 6 heteroatoms. The van der Waals surface area contributed by atoms with E-state index in [-0.39, 0.29) is 17.1 Å². The highest BCUT2D eigenvalue weighted by atomic mass is 32.2. The Morgan fingerprint density at radius 3 is 2.59 bits per heavy atom. The van der Waals surface area contributed by atoms with Crippen molar-refractivity contribution in [3.05, 3.63) is 35.4 Å². The van der Waals surface area contributed by atoms with Crippen LogP contribution >= 0.6 is 0 Å². The lowest BCUT2D eigenvalue weighted by molar-refractivity contribution is -0.131. The Balaban J connectivity index is 1.58. The molecule has 1 aromatic carbocycles. The summed E-state index contributed by atoms with van der Waals surface area (Å²) in [5.74, 6) is 0.638. The zero-order valence-electron chi connectivity index (χ0n) is 16.7. The molecule has 0 saturated carbocycles. The molecular formula is C21H32N2O3S. The van der Waals surface area contributed by atoms with Crippen LogP contribution in [0, 0.1) is 18.8 Å². The predicted molar refractivity (Wildman–Crippen MR) is 108 cm³/mol. The van der Waals surface area contributed by atoms with Crippen LogP contribution < -0.4 is 0 Å². The lowest BCUT2D eigenvalue weighted by Gasteiger charge is -2.23. The zero-order chi connectivity index (χ0) is 19.6. The lowest BCUT2D eigenvalue weighted by Crippen LogP contribution is -2.36. The summed E-state index contributed by atoms with van der Waals surface area (Å²) < 4.78 is 27.4. The van der Waals surface area contributed by atoms with Gasteiger partial charge < -0.3 is 4.90 Å². The van der Waals surface area contributed by atoms with Crippen LogP contribution in [-0.4, -0.2) is 55.0 Å². The first-order valence-electron chi connectivity index (χ1n) is 10.1. The summed E-state index contributed by atoms with van der Waals surface area (Å²) >= 11 is 0. The Morgan fingerprint density at radius 1 is 1.19 bits per heavy atom. The van der Waals surface area contributed by atoms with Crippen molar-refractivity contribution in [3.63, 3.8) is 0 Å². The number of amides is 1. The van der Waals surface area contributed by atoms with Gasteiger partial charge in [-0.3, -0.25) is 4.79 Å². The van der Waals surface area contributed by atoms with Gasteiger partial charge in [-0.05, 0) is 49.1 Å². The normalized spacial score (nSPS) is 25.4. The molecule has 2 aliphatic rings. The maximum absolute atomic E-state index is 12.9. The number of aryl methyl sites for hydroxylation is 2. The second-order valence-corrected chi connectivity index (χ2v) is 10.6. The van der Waals surface area contributed by atoms with E-state index in [4.69, 9.17) is 0 Å². The fraction of sp³-hybridized carbons (Fsp3) is 0.667. The van der Waals surface area contributed by atoms with E-state index in [1.807, 2.05) is 17.0 Å². The second-order valence-electron chi connectivity index (χ2n) is 8.44. The molecule has 150 valence electrons. The summed E-state index contributed by atoms with van der Waals surface area (Å²) in [5.41, 5.74) is 2.43. The number of carbonyl (C=O) groups is 1. The number of rotatable bonds is 5. The third-order valence-electron chi connectivity index (χ3n) is 5.95. The van der Waals surface area contributed by atoms with E-state index in [9.17, 15) is 13.2 Å². The number of nitrogens with zero attached hydrogens (tertiary/aromatic N) is 2. The Morgan fingerprint density at radius 2 is 1.89 bits per heavy atom. The van der Waals surface area contributed by atoms with Crippen LogP contribution in [0.2, 0.25) is 0 Å². The van der Waals surface area contributed by atoms with Crippen LogP contribution in [0.5, 0.6) is 0 Å². The molecule has 2 saturated heterocycles. The third-order valence-corrected chi connectivity index (χ3v) is 8.35. The number of sulfonamides is 1. The summed E-state index contributed by atoms with van der Waals surface area (Å²) in [5, 5.41) is -0.314. The molecule has 5 nitrogen and oxygen atoms in total. The Hall–Kier alpha value is -1.40. The number of hydrogen-bond acceptors (Lipinski definition) is 3. The minimum Gasteiger partial charge on any atom is -0.343 e. The van der Waals surface area contributed by atoms with Crippen molar-refractivity contribution in [2.24, 2.45) is 11.8 Å². The maximum Gasteiger partial charge on any atom is 0.222 e. The van der Waals surface area contributed by atoms with Gasteiger partial charge in [0, 0.05) is 32.6 Å². The second kappa shape index (κ2) is 8.31. The van der Waals surface area contributed by atoms with E-state index >= 15 is 0 Å². The highest BCUT2D eigenvalue weighted by Crippen LogP contribution is 2.34. The van der Waals surface area contributed by atoms with Crippen molar-refractivity contribution < 1.29 is 13.2 Å². The van der Waals surface area contributed by atoms with Crippen molar-refractivity contribution in [3.8, 4) is 0 Å². The minimum absolute atomic E-state index is 0.148. The van der Waals surface area contributed by atoms with Crippen molar-refractivity contribution in [1.29, 1.82) is 0 Å². The first-order chi connectivity index (χ1) is 12.8. The summed E-state index contributed by atoms with van der Waals surface area (Å²) in [6, 6.07) is 8.16. The van der Waals surface area contributed by atoms with Gasteiger partial charge >= 0.3 is 0 Å². The molecule has 0 aliphatic carbocycles. The Kier molecular flexibility index (Phi) is 6.26. The smallest absolute Gasteiger partial charge is 0.222 e. The van der Waals surface area contributed by atoms with E-state index < -0.39 is 10.0 Å². The molecule has 3 rings (SSSR count). The van der Waals surface area contributed by atoms with Gasteiger partial charge in [0.2, 0.25) is 15.9 Å². The SMILES string of the molecule is Cc1ccccc1CCC(=O)N1CC[C@@H]2CN(CC(C)C)S(=O)(=O)[C@@H]2CC1. The van der Waals surface area contributed by atoms with E-state index in [0.29, 0.717) is 44.9 Å². The van der Waals surface area contributed by atoms with Crippen molar-refractivity contribution in [2.45, 2.75) is 51.7 Å². The number of carbonyl (C=O) groups excluding carboxylic acids is 1. The molecule has 2 aliphatic heterocycles. The van der Waals surface area contributed by atoms with Crippen LogP contribution in [0.4, 0.5) is 0 Å². The van der Waals surface area contributed by atoms with Crippen molar-refractivity contribution in [1.82, 2.24) is 9.21 Å². The highest BCUT2D eigenvalue weighted by molar-refractivity contribution is 7.90. The average molecular weight is 393 g/mol. The standard InChI is InChI=1S/C21H32N2O3S/c1-16(2)14-23-15-19-10-12-22(13-11-20(19)27(23,25)26)21(24)9-8-18-7-5-4-6-17(18)3/h4-7,16,19-20H,8-15H2,1-3H3/t19-,20-/m1/s1. The van der Waals surface area contributed by atoms with Gasteiger partial charge in [0.25, 0.3) is 0 Å². The monoisotopic (exact) mass is 392 g/mol.